The number of anilines is 1. The van der Waals surface area contributed by atoms with E-state index in [1.165, 1.54) is 12.1 Å². The highest BCUT2D eigenvalue weighted by atomic mass is 32.2. The molecule has 1 amide bonds. The number of para-hydroxylation sites is 1. The van der Waals surface area contributed by atoms with Gasteiger partial charge in [-0.05, 0) is 37.3 Å². The highest BCUT2D eigenvalue weighted by molar-refractivity contribution is 7.86. The fourth-order valence-corrected chi connectivity index (χ4v) is 2.92. The van der Waals surface area contributed by atoms with Crippen molar-refractivity contribution in [3.63, 3.8) is 0 Å². The van der Waals surface area contributed by atoms with Crippen molar-refractivity contribution in [2.75, 3.05) is 5.01 Å². The Morgan fingerprint density at radius 3 is 2.31 bits per heavy atom. The molecule has 0 radical (unpaired) electrons. The van der Waals surface area contributed by atoms with Gasteiger partial charge in [0.05, 0.1) is 12.1 Å². The summed E-state index contributed by atoms with van der Waals surface area (Å²) in [6.07, 6.45) is 0.170. The van der Waals surface area contributed by atoms with Gasteiger partial charge >= 0.3 is 0 Å². The van der Waals surface area contributed by atoms with Crippen LogP contribution in [0.3, 0.4) is 0 Å². The van der Waals surface area contributed by atoms with Gasteiger partial charge in [0.15, 0.2) is 0 Å². The third-order valence-corrected chi connectivity index (χ3v) is 4.21. The van der Waals surface area contributed by atoms with Gasteiger partial charge in [-0.2, -0.15) is 13.5 Å². The summed E-state index contributed by atoms with van der Waals surface area (Å²) in [5, 5.41) is 5.17. The fraction of sp³-hybridized carbons (Fsp3) is 0.222. The molecule has 0 unspecified atom stereocenters. The van der Waals surface area contributed by atoms with E-state index in [-0.39, 0.29) is 23.8 Å². The van der Waals surface area contributed by atoms with Gasteiger partial charge in [0.2, 0.25) is 0 Å². The minimum Gasteiger partial charge on any atom is -0.456 e. The van der Waals surface area contributed by atoms with Crippen molar-refractivity contribution in [1.29, 1.82) is 0 Å². The van der Waals surface area contributed by atoms with Crippen molar-refractivity contribution < 1.29 is 22.5 Å². The summed E-state index contributed by atoms with van der Waals surface area (Å²) in [7, 11) is -4.55. The van der Waals surface area contributed by atoms with Crippen molar-refractivity contribution in [3.05, 3.63) is 48.5 Å². The van der Waals surface area contributed by atoms with Crippen molar-refractivity contribution in [2.45, 2.75) is 32.1 Å². The van der Waals surface area contributed by atoms with Gasteiger partial charge in [-0.3, -0.25) is 9.35 Å². The molecule has 8 heteroatoms. The van der Waals surface area contributed by atoms with Crippen molar-refractivity contribution >= 4 is 27.4 Å². The van der Waals surface area contributed by atoms with Crippen LogP contribution in [0.25, 0.3) is 0 Å². The van der Waals surface area contributed by atoms with E-state index < -0.39 is 15.0 Å². The Balaban J connectivity index is 0.00000117. The Kier molecular flexibility index (Phi) is 6.12. The van der Waals surface area contributed by atoms with Crippen LogP contribution in [0, 0.1) is 0 Å². The third-order valence-electron chi connectivity index (χ3n) is 3.33. The predicted octanol–water partition coefficient (Wildman–Crippen LogP) is 3.86. The highest BCUT2D eigenvalue weighted by Crippen LogP contribution is 2.33. The zero-order valence-electron chi connectivity index (χ0n) is 14.7. The molecular weight excluding hydrogens is 356 g/mol. The number of ether oxygens (including phenoxy) is 1. The van der Waals surface area contributed by atoms with Crippen LogP contribution in [0.1, 0.15) is 27.2 Å². The van der Waals surface area contributed by atoms with Gasteiger partial charge in [-0.1, -0.05) is 32.0 Å². The molecule has 0 fully saturated rings. The summed E-state index contributed by atoms with van der Waals surface area (Å²) in [4.78, 5) is 11.5. The monoisotopic (exact) mass is 376 g/mol. The first kappa shape index (κ1) is 19.6. The number of hydrogen-bond donors (Lipinski definition) is 1. The first-order valence-electron chi connectivity index (χ1n) is 8.06. The minimum absolute atomic E-state index is 0.0419. The number of carbonyl (C=O) groups excluding carboxylic acids is 1. The Morgan fingerprint density at radius 2 is 1.77 bits per heavy atom. The lowest BCUT2D eigenvalue weighted by molar-refractivity contribution is -0.116. The van der Waals surface area contributed by atoms with Crippen molar-refractivity contribution in [3.8, 4) is 11.5 Å². The Bertz CT molecular complexity index is 924. The largest absolute Gasteiger partial charge is 0.456 e. The molecule has 138 valence electrons. The maximum absolute atomic E-state index is 11.9. The number of benzene rings is 2. The normalized spacial score (nSPS) is 13.8. The van der Waals surface area contributed by atoms with E-state index in [0.717, 1.165) is 11.1 Å². The summed E-state index contributed by atoms with van der Waals surface area (Å²) in [6.45, 7) is 5.70. The maximum Gasteiger partial charge on any atom is 0.298 e. The molecule has 0 aliphatic carbocycles. The quantitative estimate of drug-likeness (QED) is 0.817. The van der Waals surface area contributed by atoms with Crippen LogP contribution < -0.4 is 9.75 Å². The molecule has 2 aromatic rings. The number of amides is 1. The van der Waals surface area contributed by atoms with E-state index in [0.29, 0.717) is 11.5 Å². The first-order valence-corrected chi connectivity index (χ1v) is 9.50. The topological polar surface area (TPSA) is 96.3 Å². The average Bonchev–Trinajstić information content (AvgIpc) is 2.95. The van der Waals surface area contributed by atoms with Gasteiger partial charge in [0.25, 0.3) is 16.0 Å². The molecule has 1 N–H and O–H groups in total. The SMILES string of the molecule is CC.CC1=NN(c2ccc(Oc3ccccc3)c(S(=O)(=O)O)c2)C(=O)C1. The van der Waals surface area contributed by atoms with E-state index in [1.807, 2.05) is 13.8 Å². The molecule has 0 aromatic heterocycles. The summed E-state index contributed by atoms with van der Waals surface area (Å²) in [6, 6.07) is 12.6. The molecule has 0 saturated carbocycles. The second kappa shape index (κ2) is 8.11. The summed E-state index contributed by atoms with van der Waals surface area (Å²) < 4.78 is 38.4. The number of hydrogen-bond acceptors (Lipinski definition) is 5. The van der Waals surface area contributed by atoms with Crippen LogP contribution >= 0.6 is 0 Å². The van der Waals surface area contributed by atoms with E-state index in [9.17, 15) is 17.8 Å². The van der Waals surface area contributed by atoms with Crippen LogP contribution in [-0.2, 0) is 14.9 Å². The van der Waals surface area contributed by atoms with Crippen LogP contribution in [0.2, 0.25) is 0 Å². The van der Waals surface area contributed by atoms with Crippen LogP contribution in [0.15, 0.2) is 58.5 Å². The number of carbonyl (C=O) groups is 1. The smallest absolute Gasteiger partial charge is 0.298 e. The van der Waals surface area contributed by atoms with Crippen molar-refractivity contribution in [1.82, 2.24) is 0 Å². The summed E-state index contributed by atoms with van der Waals surface area (Å²) in [5.41, 5.74) is 0.864. The zero-order valence-corrected chi connectivity index (χ0v) is 15.5. The van der Waals surface area contributed by atoms with E-state index in [4.69, 9.17) is 4.74 Å². The van der Waals surface area contributed by atoms with Crippen LogP contribution in [-0.4, -0.2) is 24.6 Å². The van der Waals surface area contributed by atoms with Crippen molar-refractivity contribution in [2.24, 2.45) is 5.10 Å². The highest BCUT2D eigenvalue weighted by Gasteiger charge is 2.26. The molecule has 0 bridgehead atoms. The molecule has 7 nitrogen and oxygen atoms in total. The molecule has 0 saturated heterocycles. The average molecular weight is 376 g/mol. The zero-order chi connectivity index (χ0) is 19.3. The number of rotatable bonds is 4. The molecule has 0 atom stereocenters. The van der Waals surface area contributed by atoms with Gasteiger partial charge in [-0.15, -0.1) is 0 Å². The summed E-state index contributed by atoms with van der Waals surface area (Å²) in [5.74, 6) is 0.103. The molecular formula is C18H20N2O5S. The molecule has 0 spiro atoms. The Morgan fingerprint density at radius 1 is 1.12 bits per heavy atom. The lowest BCUT2D eigenvalue weighted by atomic mass is 10.2. The van der Waals surface area contributed by atoms with Gasteiger partial charge < -0.3 is 4.74 Å². The molecule has 1 heterocycles. The first-order chi connectivity index (χ1) is 12.3. The number of hydrazone groups is 1. The minimum atomic E-state index is -4.55. The second-order valence-electron chi connectivity index (χ2n) is 5.24. The standard InChI is InChI=1S/C16H14N2O5S.C2H6/c1-11-9-16(19)18(17-11)12-7-8-14(15(10-12)24(20,21)22)23-13-5-3-2-4-6-13;1-2/h2-8,10H,9H2,1H3,(H,20,21,22);1-2H3. The Hall–Kier alpha value is -2.71. The Labute approximate surface area is 152 Å². The summed E-state index contributed by atoms with van der Waals surface area (Å²) >= 11 is 0. The van der Waals surface area contributed by atoms with Crippen LogP contribution in [0.5, 0.6) is 11.5 Å². The van der Waals surface area contributed by atoms with Gasteiger partial charge in [0.1, 0.15) is 16.4 Å². The predicted molar refractivity (Wildman–Crippen MR) is 99.3 cm³/mol. The maximum atomic E-state index is 11.9. The number of nitrogens with zero attached hydrogens (tertiary/aromatic N) is 2. The van der Waals surface area contributed by atoms with E-state index in [1.54, 1.807) is 37.3 Å². The van der Waals surface area contributed by atoms with Crippen LogP contribution in [0.4, 0.5) is 5.69 Å². The molecule has 2 aromatic carbocycles. The molecule has 3 rings (SSSR count). The molecule has 1 aliphatic heterocycles. The van der Waals surface area contributed by atoms with Gasteiger partial charge in [-0.25, -0.2) is 5.01 Å². The molecule has 26 heavy (non-hydrogen) atoms. The van der Waals surface area contributed by atoms with E-state index >= 15 is 0 Å². The van der Waals surface area contributed by atoms with E-state index in [2.05, 4.69) is 5.10 Å². The lowest BCUT2D eigenvalue weighted by Gasteiger charge is -2.15. The third kappa shape index (κ3) is 4.47. The lowest BCUT2D eigenvalue weighted by Crippen LogP contribution is -2.20. The second-order valence-corrected chi connectivity index (χ2v) is 6.63. The van der Waals surface area contributed by atoms with Gasteiger partial charge in [0, 0.05) is 5.71 Å². The fourth-order valence-electron chi connectivity index (χ4n) is 2.29. The molecule has 1 aliphatic rings.